The predicted molar refractivity (Wildman–Crippen MR) is 80.1 cm³/mol. The van der Waals surface area contributed by atoms with Crippen molar-refractivity contribution in [1.29, 1.82) is 0 Å². The highest BCUT2D eigenvalue weighted by Gasteiger charge is 2.28. The number of nitrogens with zero attached hydrogens (tertiary/aromatic N) is 3. The number of halogens is 1. The molecule has 4 rings (SSSR count). The molecular weight excluding hydrogens is 269 g/mol. The normalized spacial score (nSPS) is 22.7. The van der Waals surface area contributed by atoms with Gasteiger partial charge in [-0.15, -0.1) is 0 Å². The molecule has 0 spiro atoms. The van der Waals surface area contributed by atoms with Crippen LogP contribution in [0.1, 0.15) is 0 Å². The highest BCUT2D eigenvalue weighted by Crippen LogP contribution is 2.26. The zero-order valence-electron chi connectivity index (χ0n) is 11.8. The van der Waals surface area contributed by atoms with Crippen molar-refractivity contribution in [2.24, 2.45) is 0 Å². The Morgan fingerprint density at radius 3 is 2.76 bits per heavy atom. The number of aromatic nitrogens is 1. The van der Waals surface area contributed by atoms with E-state index in [4.69, 9.17) is 4.74 Å². The topological polar surface area (TPSA) is 31.9 Å². The van der Waals surface area contributed by atoms with Gasteiger partial charge in [0.2, 0.25) is 0 Å². The maximum Gasteiger partial charge on any atom is 0.136 e. The van der Waals surface area contributed by atoms with Gasteiger partial charge in [-0.05, 0) is 23.6 Å². The second kappa shape index (κ2) is 5.24. The van der Waals surface area contributed by atoms with E-state index >= 15 is 0 Å². The SMILES string of the molecule is Fc1ccc2ccnc(N3CCN(C[C@H]4CO4)CC3)c2c1. The van der Waals surface area contributed by atoms with Crippen molar-refractivity contribution < 1.29 is 9.13 Å². The van der Waals surface area contributed by atoms with E-state index < -0.39 is 0 Å². The summed E-state index contributed by atoms with van der Waals surface area (Å²) in [4.78, 5) is 9.17. The molecule has 5 heteroatoms. The second-order valence-electron chi connectivity index (χ2n) is 5.74. The Bertz CT molecular complexity index is 651. The molecule has 0 bridgehead atoms. The van der Waals surface area contributed by atoms with Gasteiger partial charge in [0.15, 0.2) is 0 Å². The average molecular weight is 287 g/mol. The van der Waals surface area contributed by atoms with Crippen LogP contribution in [-0.4, -0.2) is 55.3 Å². The number of anilines is 1. The van der Waals surface area contributed by atoms with E-state index in [2.05, 4.69) is 14.8 Å². The molecule has 1 aromatic carbocycles. The molecule has 0 unspecified atom stereocenters. The lowest BCUT2D eigenvalue weighted by Crippen LogP contribution is -2.47. The summed E-state index contributed by atoms with van der Waals surface area (Å²) in [5.74, 6) is 0.690. The Morgan fingerprint density at radius 2 is 2.00 bits per heavy atom. The quantitative estimate of drug-likeness (QED) is 0.807. The smallest absolute Gasteiger partial charge is 0.136 e. The zero-order chi connectivity index (χ0) is 14.2. The lowest BCUT2D eigenvalue weighted by atomic mass is 10.1. The third kappa shape index (κ3) is 2.71. The standard InChI is InChI=1S/C16H18FN3O/c17-13-2-1-12-3-4-18-16(15(12)9-13)20-7-5-19(6-8-20)10-14-11-21-14/h1-4,9,14H,5-8,10-11H2/t14-/m0/s1. The first kappa shape index (κ1) is 13.0. The summed E-state index contributed by atoms with van der Waals surface area (Å²) >= 11 is 0. The number of piperazine rings is 1. The molecule has 2 saturated heterocycles. The van der Waals surface area contributed by atoms with Crippen molar-refractivity contribution in [3.8, 4) is 0 Å². The Hall–Kier alpha value is -1.72. The summed E-state index contributed by atoms with van der Waals surface area (Å²) in [6.07, 6.45) is 2.25. The first-order valence-corrected chi connectivity index (χ1v) is 7.43. The lowest BCUT2D eigenvalue weighted by Gasteiger charge is -2.35. The maximum absolute atomic E-state index is 13.5. The molecule has 3 heterocycles. The Labute approximate surface area is 123 Å². The molecule has 2 fully saturated rings. The van der Waals surface area contributed by atoms with Crippen LogP contribution in [0.25, 0.3) is 10.8 Å². The van der Waals surface area contributed by atoms with Crippen LogP contribution >= 0.6 is 0 Å². The van der Waals surface area contributed by atoms with Crippen molar-refractivity contribution in [3.05, 3.63) is 36.3 Å². The number of hydrogen-bond donors (Lipinski definition) is 0. The minimum Gasteiger partial charge on any atom is -0.372 e. The number of rotatable bonds is 3. The molecule has 0 saturated carbocycles. The second-order valence-corrected chi connectivity index (χ2v) is 5.74. The third-order valence-electron chi connectivity index (χ3n) is 4.24. The number of ether oxygens (including phenoxy) is 1. The molecule has 0 amide bonds. The van der Waals surface area contributed by atoms with E-state index in [0.717, 1.165) is 55.9 Å². The fourth-order valence-electron chi connectivity index (χ4n) is 2.98. The summed E-state index contributed by atoms with van der Waals surface area (Å²) in [5.41, 5.74) is 0. The van der Waals surface area contributed by atoms with Gasteiger partial charge >= 0.3 is 0 Å². The van der Waals surface area contributed by atoms with Crippen LogP contribution in [0.5, 0.6) is 0 Å². The van der Waals surface area contributed by atoms with Crippen LogP contribution < -0.4 is 4.90 Å². The highest BCUT2D eigenvalue weighted by molar-refractivity contribution is 5.92. The van der Waals surface area contributed by atoms with E-state index in [0.29, 0.717) is 6.10 Å². The van der Waals surface area contributed by atoms with E-state index in [1.165, 1.54) is 6.07 Å². The summed E-state index contributed by atoms with van der Waals surface area (Å²) in [7, 11) is 0. The summed E-state index contributed by atoms with van der Waals surface area (Å²) in [6.45, 7) is 5.81. The first-order chi connectivity index (χ1) is 10.3. The maximum atomic E-state index is 13.5. The lowest BCUT2D eigenvalue weighted by molar-refractivity contribution is 0.230. The summed E-state index contributed by atoms with van der Waals surface area (Å²) < 4.78 is 18.8. The molecule has 0 aliphatic carbocycles. The number of epoxide rings is 1. The number of hydrogen-bond acceptors (Lipinski definition) is 4. The fraction of sp³-hybridized carbons (Fsp3) is 0.438. The Morgan fingerprint density at radius 1 is 1.19 bits per heavy atom. The van der Waals surface area contributed by atoms with Gasteiger partial charge in [0, 0.05) is 44.3 Å². The molecule has 0 radical (unpaired) electrons. The summed E-state index contributed by atoms with van der Waals surface area (Å²) in [6, 6.07) is 6.83. The largest absolute Gasteiger partial charge is 0.372 e. The predicted octanol–water partition coefficient (Wildman–Crippen LogP) is 1.89. The Balaban J connectivity index is 1.55. The molecular formula is C16H18FN3O. The molecule has 0 N–H and O–H groups in total. The van der Waals surface area contributed by atoms with E-state index in [-0.39, 0.29) is 5.82 Å². The number of fused-ring (bicyclic) bond motifs is 1. The van der Waals surface area contributed by atoms with Crippen LogP contribution in [0.4, 0.5) is 10.2 Å². The average Bonchev–Trinajstić information content (AvgIpc) is 3.31. The number of benzene rings is 1. The fourth-order valence-corrected chi connectivity index (χ4v) is 2.98. The Kier molecular flexibility index (Phi) is 3.24. The zero-order valence-corrected chi connectivity index (χ0v) is 11.8. The van der Waals surface area contributed by atoms with Crippen molar-refractivity contribution >= 4 is 16.6 Å². The minimum atomic E-state index is -0.207. The van der Waals surface area contributed by atoms with E-state index in [1.54, 1.807) is 12.3 Å². The van der Waals surface area contributed by atoms with Crippen molar-refractivity contribution in [2.75, 3.05) is 44.2 Å². The van der Waals surface area contributed by atoms with E-state index in [1.807, 2.05) is 12.1 Å². The molecule has 2 aromatic rings. The summed E-state index contributed by atoms with van der Waals surface area (Å²) in [5, 5.41) is 1.94. The van der Waals surface area contributed by atoms with Crippen molar-refractivity contribution in [1.82, 2.24) is 9.88 Å². The third-order valence-corrected chi connectivity index (χ3v) is 4.24. The van der Waals surface area contributed by atoms with Crippen molar-refractivity contribution in [2.45, 2.75) is 6.10 Å². The monoisotopic (exact) mass is 287 g/mol. The van der Waals surface area contributed by atoms with Crippen LogP contribution in [0.15, 0.2) is 30.5 Å². The van der Waals surface area contributed by atoms with Gasteiger partial charge in [0.1, 0.15) is 11.6 Å². The molecule has 1 aromatic heterocycles. The highest BCUT2D eigenvalue weighted by atomic mass is 19.1. The van der Waals surface area contributed by atoms with Gasteiger partial charge in [-0.2, -0.15) is 0 Å². The molecule has 1 atom stereocenters. The molecule has 110 valence electrons. The molecule has 2 aliphatic heterocycles. The van der Waals surface area contributed by atoms with Gasteiger partial charge < -0.3 is 9.64 Å². The molecule has 4 nitrogen and oxygen atoms in total. The first-order valence-electron chi connectivity index (χ1n) is 7.43. The number of pyridine rings is 1. The van der Waals surface area contributed by atoms with Gasteiger partial charge in [-0.1, -0.05) is 6.07 Å². The van der Waals surface area contributed by atoms with Gasteiger partial charge in [0.25, 0.3) is 0 Å². The van der Waals surface area contributed by atoms with Gasteiger partial charge in [-0.3, -0.25) is 4.90 Å². The van der Waals surface area contributed by atoms with Crippen LogP contribution in [-0.2, 0) is 4.74 Å². The van der Waals surface area contributed by atoms with Crippen LogP contribution in [0.2, 0.25) is 0 Å². The van der Waals surface area contributed by atoms with Crippen LogP contribution in [0, 0.1) is 5.82 Å². The van der Waals surface area contributed by atoms with Gasteiger partial charge in [0.05, 0.1) is 12.7 Å². The van der Waals surface area contributed by atoms with Gasteiger partial charge in [-0.25, -0.2) is 9.37 Å². The van der Waals surface area contributed by atoms with Crippen molar-refractivity contribution in [3.63, 3.8) is 0 Å². The van der Waals surface area contributed by atoms with Crippen LogP contribution in [0.3, 0.4) is 0 Å². The molecule has 21 heavy (non-hydrogen) atoms. The minimum absolute atomic E-state index is 0.207. The molecule has 2 aliphatic rings. The van der Waals surface area contributed by atoms with E-state index in [9.17, 15) is 4.39 Å².